The van der Waals surface area contributed by atoms with Crippen LogP contribution in [-0.4, -0.2) is 27.2 Å². The molecule has 82 valence electrons. The van der Waals surface area contributed by atoms with Gasteiger partial charge in [0.15, 0.2) is 0 Å². The Bertz CT molecular complexity index is 291. The van der Waals surface area contributed by atoms with Crippen molar-refractivity contribution >= 4 is 0 Å². The molecule has 0 radical (unpaired) electrons. The maximum absolute atomic E-state index is 9.75. The molecule has 1 aromatic heterocycles. The van der Waals surface area contributed by atoms with Crippen LogP contribution in [0, 0.1) is 0 Å². The van der Waals surface area contributed by atoms with Gasteiger partial charge >= 0.3 is 0 Å². The standard InChI is InChI=1S/C11H17N3O/c15-11-4-2-1-3-10(11)14-7-9-5-12-8-13-6-9/h5-6,8,10-11,14-15H,1-4,7H2/t10-,11+/m1/s1. The molecule has 1 aromatic rings. The summed E-state index contributed by atoms with van der Waals surface area (Å²) in [6.45, 7) is 0.739. The zero-order valence-corrected chi connectivity index (χ0v) is 8.76. The summed E-state index contributed by atoms with van der Waals surface area (Å²) in [5.41, 5.74) is 1.07. The average molecular weight is 207 g/mol. The van der Waals surface area contributed by atoms with Crippen LogP contribution in [0.2, 0.25) is 0 Å². The molecule has 1 aliphatic carbocycles. The zero-order chi connectivity index (χ0) is 10.5. The van der Waals surface area contributed by atoms with Crippen molar-refractivity contribution in [1.82, 2.24) is 15.3 Å². The van der Waals surface area contributed by atoms with E-state index in [2.05, 4.69) is 15.3 Å². The van der Waals surface area contributed by atoms with Gasteiger partial charge in [0, 0.05) is 30.5 Å². The first-order valence-corrected chi connectivity index (χ1v) is 5.51. The van der Waals surface area contributed by atoms with Crippen molar-refractivity contribution in [3.8, 4) is 0 Å². The molecule has 2 rings (SSSR count). The lowest BCUT2D eigenvalue weighted by Gasteiger charge is -2.28. The molecule has 0 spiro atoms. The van der Waals surface area contributed by atoms with Gasteiger partial charge in [-0.3, -0.25) is 0 Å². The van der Waals surface area contributed by atoms with Crippen molar-refractivity contribution in [2.75, 3.05) is 0 Å². The minimum absolute atomic E-state index is 0.191. The molecular formula is C11H17N3O. The number of aliphatic hydroxyl groups excluding tert-OH is 1. The quantitative estimate of drug-likeness (QED) is 0.772. The molecule has 15 heavy (non-hydrogen) atoms. The second kappa shape index (κ2) is 5.19. The molecule has 0 saturated heterocycles. The van der Waals surface area contributed by atoms with E-state index in [-0.39, 0.29) is 12.1 Å². The topological polar surface area (TPSA) is 58.0 Å². The van der Waals surface area contributed by atoms with Crippen LogP contribution >= 0.6 is 0 Å². The van der Waals surface area contributed by atoms with E-state index < -0.39 is 0 Å². The van der Waals surface area contributed by atoms with Gasteiger partial charge in [0.2, 0.25) is 0 Å². The van der Waals surface area contributed by atoms with E-state index in [0.29, 0.717) is 0 Å². The van der Waals surface area contributed by atoms with Crippen LogP contribution in [0.5, 0.6) is 0 Å². The first-order valence-electron chi connectivity index (χ1n) is 5.51. The number of aliphatic hydroxyl groups is 1. The molecule has 4 heteroatoms. The van der Waals surface area contributed by atoms with Gasteiger partial charge in [0.1, 0.15) is 6.33 Å². The number of hydrogen-bond donors (Lipinski definition) is 2. The molecule has 0 bridgehead atoms. The summed E-state index contributed by atoms with van der Waals surface area (Å²) in [5.74, 6) is 0. The summed E-state index contributed by atoms with van der Waals surface area (Å²) in [4.78, 5) is 7.91. The normalized spacial score (nSPS) is 26.5. The Morgan fingerprint density at radius 3 is 2.73 bits per heavy atom. The van der Waals surface area contributed by atoms with Crippen LogP contribution in [0.1, 0.15) is 31.2 Å². The molecule has 1 heterocycles. The van der Waals surface area contributed by atoms with Crippen LogP contribution in [-0.2, 0) is 6.54 Å². The third-order valence-electron chi connectivity index (χ3n) is 2.91. The number of aromatic nitrogens is 2. The van der Waals surface area contributed by atoms with Gasteiger partial charge in [-0.1, -0.05) is 12.8 Å². The number of nitrogens with one attached hydrogen (secondary N) is 1. The third kappa shape index (κ3) is 2.97. The molecule has 0 aliphatic heterocycles. The van der Waals surface area contributed by atoms with Crippen molar-refractivity contribution in [2.45, 2.75) is 44.4 Å². The number of nitrogens with zero attached hydrogens (tertiary/aromatic N) is 2. The van der Waals surface area contributed by atoms with Crippen LogP contribution in [0.25, 0.3) is 0 Å². The molecule has 1 saturated carbocycles. The Labute approximate surface area is 89.8 Å². The predicted molar refractivity (Wildman–Crippen MR) is 57.1 cm³/mol. The van der Waals surface area contributed by atoms with Crippen molar-refractivity contribution in [3.05, 3.63) is 24.3 Å². The van der Waals surface area contributed by atoms with Gasteiger partial charge in [-0.15, -0.1) is 0 Å². The maximum atomic E-state index is 9.75. The lowest BCUT2D eigenvalue weighted by Crippen LogP contribution is -2.41. The molecule has 4 nitrogen and oxygen atoms in total. The second-order valence-corrected chi connectivity index (χ2v) is 4.09. The zero-order valence-electron chi connectivity index (χ0n) is 8.76. The fourth-order valence-corrected chi connectivity index (χ4v) is 2.02. The molecule has 0 aromatic carbocycles. The van der Waals surface area contributed by atoms with E-state index in [1.807, 2.05) is 0 Å². The first kappa shape index (κ1) is 10.5. The Hall–Kier alpha value is -1.00. The van der Waals surface area contributed by atoms with Gasteiger partial charge in [0.25, 0.3) is 0 Å². The lowest BCUT2D eigenvalue weighted by molar-refractivity contribution is 0.0902. The SMILES string of the molecule is O[C@H]1CCCC[C@H]1NCc1cncnc1. The summed E-state index contributed by atoms with van der Waals surface area (Å²) in [6, 6.07) is 0.235. The van der Waals surface area contributed by atoms with Crippen LogP contribution in [0.15, 0.2) is 18.7 Å². The van der Waals surface area contributed by atoms with E-state index >= 15 is 0 Å². The van der Waals surface area contributed by atoms with Crippen molar-refractivity contribution in [3.63, 3.8) is 0 Å². The summed E-state index contributed by atoms with van der Waals surface area (Å²) < 4.78 is 0. The van der Waals surface area contributed by atoms with Gasteiger partial charge < -0.3 is 10.4 Å². The minimum Gasteiger partial charge on any atom is -0.392 e. The molecule has 0 unspecified atom stereocenters. The van der Waals surface area contributed by atoms with E-state index in [0.717, 1.165) is 31.4 Å². The fraction of sp³-hybridized carbons (Fsp3) is 0.636. The molecule has 1 aliphatic rings. The Kier molecular flexibility index (Phi) is 3.64. The molecular weight excluding hydrogens is 190 g/mol. The second-order valence-electron chi connectivity index (χ2n) is 4.09. The first-order chi connectivity index (χ1) is 7.36. The number of hydrogen-bond acceptors (Lipinski definition) is 4. The van der Waals surface area contributed by atoms with Gasteiger partial charge in [-0.25, -0.2) is 9.97 Å². The minimum atomic E-state index is -0.191. The molecule has 2 N–H and O–H groups in total. The van der Waals surface area contributed by atoms with E-state index in [9.17, 15) is 5.11 Å². The summed E-state index contributed by atoms with van der Waals surface area (Å²) in [5, 5.41) is 13.1. The van der Waals surface area contributed by atoms with Gasteiger partial charge in [-0.05, 0) is 12.8 Å². The van der Waals surface area contributed by atoms with Crippen molar-refractivity contribution in [1.29, 1.82) is 0 Å². The molecule has 0 amide bonds. The fourth-order valence-electron chi connectivity index (χ4n) is 2.02. The highest BCUT2D eigenvalue weighted by atomic mass is 16.3. The largest absolute Gasteiger partial charge is 0.392 e. The summed E-state index contributed by atoms with van der Waals surface area (Å²) >= 11 is 0. The lowest BCUT2D eigenvalue weighted by atomic mass is 9.92. The summed E-state index contributed by atoms with van der Waals surface area (Å²) in [7, 11) is 0. The number of rotatable bonds is 3. The van der Waals surface area contributed by atoms with Gasteiger partial charge in [-0.2, -0.15) is 0 Å². The van der Waals surface area contributed by atoms with Gasteiger partial charge in [0.05, 0.1) is 6.10 Å². The van der Waals surface area contributed by atoms with E-state index in [1.165, 1.54) is 12.7 Å². The van der Waals surface area contributed by atoms with E-state index in [1.54, 1.807) is 12.4 Å². The Morgan fingerprint density at radius 1 is 1.27 bits per heavy atom. The maximum Gasteiger partial charge on any atom is 0.115 e. The highest BCUT2D eigenvalue weighted by Gasteiger charge is 2.21. The van der Waals surface area contributed by atoms with Crippen LogP contribution < -0.4 is 5.32 Å². The Morgan fingerprint density at radius 2 is 2.00 bits per heavy atom. The van der Waals surface area contributed by atoms with Crippen molar-refractivity contribution < 1.29 is 5.11 Å². The Balaban J connectivity index is 1.82. The summed E-state index contributed by atoms with van der Waals surface area (Å²) in [6.07, 6.45) is 9.28. The monoisotopic (exact) mass is 207 g/mol. The highest BCUT2D eigenvalue weighted by Crippen LogP contribution is 2.18. The smallest absolute Gasteiger partial charge is 0.115 e. The molecule has 2 atom stereocenters. The highest BCUT2D eigenvalue weighted by molar-refractivity contribution is 5.02. The predicted octanol–water partition coefficient (Wildman–Crippen LogP) is 0.870. The van der Waals surface area contributed by atoms with E-state index in [4.69, 9.17) is 0 Å². The average Bonchev–Trinajstić information content (AvgIpc) is 2.29. The van der Waals surface area contributed by atoms with Crippen LogP contribution in [0.3, 0.4) is 0 Å². The molecule has 1 fully saturated rings. The third-order valence-corrected chi connectivity index (χ3v) is 2.91. The van der Waals surface area contributed by atoms with Crippen LogP contribution in [0.4, 0.5) is 0 Å². The van der Waals surface area contributed by atoms with Crippen molar-refractivity contribution in [2.24, 2.45) is 0 Å².